The first-order valence-electron chi connectivity index (χ1n) is 8.21. The summed E-state index contributed by atoms with van der Waals surface area (Å²) >= 11 is 0. The average molecular weight is 279 g/mol. The van der Waals surface area contributed by atoms with Crippen molar-refractivity contribution in [2.24, 2.45) is 0 Å². The van der Waals surface area contributed by atoms with Crippen molar-refractivity contribution in [3.05, 3.63) is 70.8 Å². The second kappa shape index (κ2) is 6.44. The van der Waals surface area contributed by atoms with Crippen LogP contribution in [0.5, 0.6) is 0 Å². The van der Waals surface area contributed by atoms with E-state index < -0.39 is 0 Å². The Morgan fingerprint density at radius 2 is 1.81 bits per heavy atom. The molecule has 0 fully saturated rings. The van der Waals surface area contributed by atoms with Crippen LogP contribution in [-0.4, -0.2) is 6.54 Å². The van der Waals surface area contributed by atoms with Gasteiger partial charge in [-0.05, 0) is 54.0 Å². The van der Waals surface area contributed by atoms with Crippen molar-refractivity contribution in [1.29, 1.82) is 0 Å². The van der Waals surface area contributed by atoms with Gasteiger partial charge in [0.2, 0.25) is 0 Å². The van der Waals surface area contributed by atoms with Crippen molar-refractivity contribution >= 4 is 0 Å². The summed E-state index contributed by atoms with van der Waals surface area (Å²) in [4.78, 5) is 0. The van der Waals surface area contributed by atoms with E-state index in [0.717, 1.165) is 18.9 Å². The van der Waals surface area contributed by atoms with E-state index in [9.17, 15) is 0 Å². The highest BCUT2D eigenvalue weighted by Gasteiger charge is 2.28. The Bertz CT molecular complexity index is 585. The highest BCUT2D eigenvalue weighted by atomic mass is 14.9. The van der Waals surface area contributed by atoms with Crippen LogP contribution in [-0.2, 0) is 12.8 Å². The van der Waals surface area contributed by atoms with E-state index in [1.165, 1.54) is 24.0 Å². The van der Waals surface area contributed by atoms with Gasteiger partial charge < -0.3 is 5.32 Å². The van der Waals surface area contributed by atoms with Crippen LogP contribution in [0.25, 0.3) is 0 Å². The first-order valence-corrected chi connectivity index (χ1v) is 8.21. The number of fused-ring (bicyclic) bond motifs is 1. The molecule has 1 N–H and O–H groups in total. The molecule has 21 heavy (non-hydrogen) atoms. The van der Waals surface area contributed by atoms with Gasteiger partial charge in [-0.2, -0.15) is 0 Å². The molecule has 110 valence electrons. The summed E-state index contributed by atoms with van der Waals surface area (Å²) < 4.78 is 0. The van der Waals surface area contributed by atoms with Gasteiger partial charge in [0.05, 0.1) is 0 Å². The van der Waals surface area contributed by atoms with E-state index >= 15 is 0 Å². The topological polar surface area (TPSA) is 12.0 Å². The second-order valence-electron chi connectivity index (χ2n) is 6.04. The first-order chi connectivity index (χ1) is 10.3. The monoisotopic (exact) mass is 279 g/mol. The smallest absolute Gasteiger partial charge is 0.0326 e. The molecular weight excluding hydrogens is 254 g/mol. The minimum Gasteiger partial charge on any atom is -0.310 e. The molecule has 0 spiro atoms. The quantitative estimate of drug-likeness (QED) is 0.813. The lowest BCUT2D eigenvalue weighted by Crippen LogP contribution is -2.27. The zero-order chi connectivity index (χ0) is 14.7. The fourth-order valence-corrected chi connectivity index (χ4v) is 3.43. The third kappa shape index (κ3) is 3.03. The Morgan fingerprint density at radius 3 is 2.48 bits per heavy atom. The minimum absolute atomic E-state index is 0.472. The number of hydrogen-bond acceptors (Lipinski definition) is 1. The summed E-state index contributed by atoms with van der Waals surface area (Å²) in [6.45, 7) is 5.43. The normalized spacial score (nSPS) is 17.9. The van der Waals surface area contributed by atoms with E-state index in [0.29, 0.717) is 6.04 Å². The number of benzene rings is 2. The molecule has 0 bridgehead atoms. The number of aryl methyl sites for hydroxylation is 1. The fraction of sp³-hybridized carbons (Fsp3) is 0.400. The number of rotatable bonds is 6. The molecule has 0 heterocycles. The number of nitrogens with one attached hydrogen (secondary N) is 1. The molecule has 2 aromatic carbocycles. The molecule has 2 unspecified atom stereocenters. The van der Waals surface area contributed by atoms with Crippen molar-refractivity contribution in [3.63, 3.8) is 0 Å². The van der Waals surface area contributed by atoms with Crippen molar-refractivity contribution in [3.8, 4) is 0 Å². The molecule has 1 aliphatic carbocycles. The van der Waals surface area contributed by atoms with E-state index in [4.69, 9.17) is 0 Å². The van der Waals surface area contributed by atoms with Crippen molar-refractivity contribution < 1.29 is 0 Å². The van der Waals surface area contributed by atoms with Crippen LogP contribution in [0.1, 0.15) is 54.5 Å². The summed E-state index contributed by atoms with van der Waals surface area (Å²) in [6.07, 6.45) is 3.56. The lowest BCUT2D eigenvalue weighted by molar-refractivity contribution is 0.436. The average Bonchev–Trinajstić information content (AvgIpc) is 2.52. The predicted molar refractivity (Wildman–Crippen MR) is 89.7 cm³/mol. The highest BCUT2D eigenvalue weighted by Crippen LogP contribution is 2.40. The van der Waals surface area contributed by atoms with Gasteiger partial charge in [0.1, 0.15) is 0 Å². The Labute approximate surface area is 128 Å². The molecule has 1 heteroatoms. The Hall–Kier alpha value is -1.60. The lowest BCUT2D eigenvalue weighted by atomic mass is 9.73. The molecule has 3 rings (SSSR count). The molecule has 0 radical (unpaired) electrons. The van der Waals surface area contributed by atoms with Crippen LogP contribution in [0.2, 0.25) is 0 Å². The van der Waals surface area contributed by atoms with Gasteiger partial charge in [0, 0.05) is 6.04 Å². The molecule has 0 aromatic heterocycles. The molecule has 2 aromatic rings. The third-order valence-corrected chi connectivity index (χ3v) is 4.72. The zero-order valence-electron chi connectivity index (χ0n) is 13.1. The van der Waals surface area contributed by atoms with Crippen LogP contribution < -0.4 is 5.32 Å². The van der Waals surface area contributed by atoms with Crippen molar-refractivity contribution in [2.75, 3.05) is 6.54 Å². The molecule has 0 saturated heterocycles. The van der Waals surface area contributed by atoms with Crippen molar-refractivity contribution in [1.82, 2.24) is 5.32 Å². The molecular formula is C20H25N. The van der Waals surface area contributed by atoms with Gasteiger partial charge in [-0.25, -0.2) is 0 Å². The van der Waals surface area contributed by atoms with Crippen LogP contribution in [0.15, 0.2) is 48.5 Å². The van der Waals surface area contributed by atoms with Crippen LogP contribution in [0.3, 0.4) is 0 Å². The fourth-order valence-electron chi connectivity index (χ4n) is 3.43. The molecule has 0 aliphatic heterocycles. The van der Waals surface area contributed by atoms with E-state index in [-0.39, 0.29) is 0 Å². The van der Waals surface area contributed by atoms with Gasteiger partial charge in [-0.1, -0.05) is 62.4 Å². The summed E-state index contributed by atoms with van der Waals surface area (Å²) in [6, 6.07) is 18.5. The number of hydrogen-bond donors (Lipinski definition) is 1. The van der Waals surface area contributed by atoms with Crippen molar-refractivity contribution in [2.45, 2.75) is 45.1 Å². The van der Waals surface area contributed by atoms with Crippen LogP contribution in [0, 0.1) is 0 Å². The zero-order valence-corrected chi connectivity index (χ0v) is 13.1. The molecule has 0 saturated carbocycles. The van der Waals surface area contributed by atoms with Crippen LogP contribution >= 0.6 is 0 Å². The Kier molecular flexibility index (Phi) is 4.40. The lowest BCUT2D eigenvalue weighted by Gasteiger charge is -2.33. The Morgan fingerprint density at radius 1 is 1.05 bits per heavy atom. The van der Waals surface area contributed by atoms with E-state index in [1.807, 2.05) is 0 Å². The van der Waals surface area contributed by atoms with Gasteiger partial charge in [-0.3, -0.25) is 0 Å². The molecule has 2 atom stereocenters. The SMILES string of the molecule is CCNC(CC1Cc2ccccc21)c1ccc(CC)cc1. The largest absolute Gasteiger partial charge is 0.310 e. The first kappa shape index (κ1) is 14.3. The standard InChI is InChI=1S/C20H25N/c1-3-15-9-11-16(12-10-15)20(21-4-2)14-18-13-17-7-5-6-8-19(17)18/h5-12,18,20-21H,3-4,13-14H2,1-2H3. The summed E-state index contributed by atoms with van der Waals surface area (Å²) in [7, 11) is 0. The van der Waals surface area contributed by atoms with Gasteiger partial charge in [0.15, 0.2) is 0 Å². The van der Waals surface area contributed by atoms with Gasteiger partial charge in [-0.15, -0.1) is 0 Å². The predicted octanol–water partition coefficient (Wildman–Crippen LogP) is 4.63. The van der Waals surface area contributed by atoms with Crippen LogP contribution in [0.4, 0.5) is 0 Å². The summed E-state index contributed by atoms with van der Waals surface area (Å²) in [5.41, 5.74) is 5.95. The Balaban J connectivity index is 1.73. The molecule has 0 amide bonds. The summed E-state index contributed by atoms with van der Waals surface area (Å²) in [5, 5.41) is 3.67. The maximum atomic E-state index is 3.67. The molecule has 1 aliphatic rings. The molecule has 1 nitrogen and oxygen atoms in total. The van der Waals surface area contributed by atoms with Gasteiger partial charge in [0.25, 0.3) is 0 Å². The maximum Gasteiger partial charge on any atom is 0.0326 e. The summed E-state index contributed by atoms with van der Waals surface area (Å²) in [5.74, 6) is 0.719. The maximum absolute atomic E-state index is 3.67. The second-order valence-corrected chi connectivity index (χ2v) is 6.04. The van der Waals surface area contributed by atoms with Gasteiger partial charge >= 0.3 is 0 Å². The van der Waals surface area contributed by atoms with E-state index in [1.54, 1.807) is 11.1 Å². The third-order valence-electron chi connectivity index (χ3n) is 4.72. The van der Waals surface area contributed by atoms with E-state index in [2.05, 4.69) is 67.7 Å². The minimum atomic E-state index is 0.472. The highest BCUT2D eigenvalue weighted by molar-refractivity contribution is 5.40.